The number of hydrogen-bond donors (Lipinski definition) is 1. The third-order valence-electron chi connectivity index (χ3n) is 4.65. The summed E-state index contributed by atoms with van der Waals surface area (Å²) in [5, 5.41) is 8.78. The fourth-order valence-corrected chi connectivity index (χ4v) is 2.93. The lowest BCUT2D eigenvalue weighted by Gasteiger charge is -2.23. The highest BCUT2D eigenvalue weighted by molar-refractivity contribution is 5.53. The van der Waals surface area contributed by atoms with Gasteiger partial charge in [0, 0.05) is 12.5 Å². The van der Waals surface area contributed by atoms with Crippen LogP contribution in [0.15, 0.2) is 0 Å². The van der Waals surface area contributed by atoms with Gasteiger partial charge in [0.25, 0.3) is 0 Å². The second kappa shape index (κ2) is 10.4. The van der Waals surface area contributed by atoms with E-state index in [-0.39, 0.29) is 7.43 Å². The van der Waals surface area contributed by atoms with Crippen molar-refractivity contribution in [3.05, 3.63) is 0 Å². The predicted molar refractivity (Wildman–Crippen MR) is 82.1 cm³/mol. The summed E-state index contributed by atoms with van der Waals surface area (Å²) in [4.78, 5) is 10.3. The van der Waals surface area contributed by atoms with Gasteiger partial charge in [-0.3, -0.25) is 0 Å². The van der Waals surface area contributed by atoms with Crippen LogP contribution in [-0.2, 0) is 4.79 Å². The lowest BCUT2D eigenvalue weighted by Crippen LogP contribution is -2.14. The molecule has 0 saturated heterocycles. The molecule has 0 spiro atoms. The lowest BCUT2D eigenvalue weighted by molar-refractivity contribution is -0.112. The van der Waals surface area contributed by atoms with Crippen molar-refractivity contribution in [2.24, 2.45) is 23.7 Å². The molecule has 0 radical (unpaired) electrons. The van der Waals surface area contributed by atoms with E-state index < -0.39 is 0 Å². The molecule has 1 N–H and O–H groups in total. The van der Waals surface area contributed by atoms with E-state index in [1.807, 2.05) is 0 Å². The molecular formula is C17H34O2. The number of hydrogen-bond acceptors (Lipinski definition) is 2. The minimum absolute atomic E-state index is 0. The molecule has 0 aromatic carbocycles. The molecule has 0 bridgehead atoms. The predicted octanol–water partition coefficient (Wildman–Crippen LogP) is 4.45. The molecule has 2 aliphatic rings. The number of rotatable bonds is 2. The van der Waals surface area contributed by atoms with E-state index >= 15 is 0 Å². The highest BCUT2D eigenvalue weighted by Crippen LogP contribution is 2.27. The Morgan fingerprint density at radius 2 is 1.32 bits per heavy atom. The maximum atomic E-state index is 10.3. The molecule has 2 heteroatoms. The topological polar surface area (TPSA) is 37.3 Å². The zero-order chi connectivity index (χ0) is 13.4. The van der Waals surface area contributed by atoms with E-state index in [1.54, 1.807) is 0 Å². The third-order valence-corrected chi connectivity index (χ3v) is 4.65. The second-order valence-corrected chi connectivity index (χ2v) is 6.46. The molecule has 0 aromatic rings. The first-order valence-corrected chi connectivity index (χ1v) is 7.71. The molecule has 0 unspecified atom stereocenters. The SMILES string of the molecule is C.CC1CCC(C=O)CC1.CC1CCC(CO)CC1. The monoisotopic (exact) mass is 270 g/mol. The van der Waals surface area contributed by atoms with E-state index in [0.29, 0.717) is 18.4 Å². The Kier molecular flexibility index (Phi) is 10.2. The molecule has 114 valence electrons. The minimum atomic E-state index is 0. The van der Waals surface area contributed by atoms with E-state index in [9.17, 15) is 4.79 Å². The van der Waals surface area contributed by atoms with Crippen LogP contribution in [0.25, 0.3) is 0 Å². The summed E-state index contributed by atoms with van der Waals surface area (Å²) in [6, 6.07) is 0. The van der Waals surface area contributed by atoms with Gasteiger partial charge in [-0.1, -0.05) is 47.0 Å². The molecule has 2 aliphatic carbocycles. The summed E-state index contributed by atoms with van der Waals surface area (Å²) in [6.07, 6.45) is 11.0. The molecule has 0 aromatic heterocycles. The van der Waals surface area contributed by atoms with Gasteiger partial charge in [0.1, 0.15) is 6.29 Å². The van der Waals surface area contributed by atoms with Crippen LogP contribution in [0.4, 0.5) is 0 Å². The van der Waals surface area contributed by atoms with Crippen LogP contribution in [0.5, 0.6) is 0 Å². The lowest BCUT2D eigenvalue weighted by atomic mass is 9.84. The number of aldehydes is 1. The molecule has 0 heterocycles. The van der Waals surface area contributed by atoms with E-state index in [0.717, 1.165) is 31.0 Å². The Morgan fingerprint density at radius 3 is 1.68 bits per heavy atom. The van der Waals surface area contributed by atoms with Crippen LogP contribution in [0.2, 0.25) is 0 Å². The normalized spacial score (nSPS) is 34.5. The van der Waals surface area contributed by atoms with Crippen molar-refractivity contribution in [3.63, 3.8) is 0 Å². The first kappa shape index (κ1) is 18.6. The average Bonchev–Trinajstić information content (AvgIpc) is 2.41. The average molecular weight is 270 g/mol. The van der Waals surface area contributed by atoms with Crippen LogP contribution in [0.3, 0.4) is 0 Å². The maximum Gasteiger partial charge on any atom is 0.123 e. The van der Waals surface area contributed by atoms with Crippen molar-refractivity contribution in [2.45, 2.75) is 72.6 Å². The Balaban J connectivity index is 0.000000324. The van der Waals surface area contributed by atoms with Gasteiger partial charge in [0.15, 0.2) is 0 Å². The standard InChI is InChI=1S/C8H16O.C8H14O.CH4/c2*1-7-2-4-8(6-9)5-3-7;/h7-9H,2-6H2,1H3;6-8H,2-5H2,1H3;1H4. The fourth-order valence-electron chi connectivity index (χ4n) is 2.93. The summed E-state index contributed by atoms with van der Waals surface area (Å²) in [5.41, 5.74) is 0. The summed E-state index contributed by atoms with van der Waals surface area (Å²) < 4.78 is 0. The number of aliphatic hydroxyl groups excluding tert-OH is 1. The molecular weight excluding hydrogens is 236 g/mol. The van der Waals surface area contributed by atoms with Crippen molar-refractivity contribution in [1.29, 1.82) is 0 Å². The summed E-state index contributed by atoms with van der Waals surface area (Å²) in [7, 11) is 0. The van der Waals surface area contributed by atoms with Crippen molar-refractivity contribution in [1.82, 2.24) is 0 Å². The van der Waals surface area contributed by atoms with Gasteiger partial charge >= 0.3 is 0 Å². The molecule has 0 aliphatic heterocycles. The van der Waals surface area contributed by atoms with Crippen LogP contribution < -0.4 is 0 Å². The summed E-state index contributed by atoms with van der Waals surface area (Å²) >= 11 is 0. The summed E-state index contributed by atoms with van der Waals surface area (Å²) in [5.74, 6) is 2.79. The van der Waals surface area contributed by atoms with Crippen molar-refractivity contribution in [2.75, 3.05) is 6.61 Å². The van der Waals surface area contributed by atoms with Crippen LogP contribution in [0, 0.1) is 23.7 Å². The molecule has 0 amide bonds. The molecule has 19 heavy (non-hydrogen) atoms. The van der Waals surface area contributed by atoms with Crippen molar-refractivity contribution >= 4 is 6.29 Å². The molecule has 2 fully saturated rings. The van der Waals surface area contributed by atoms with Gasteiger partial charge in [0.2, 0.25) is 0 Å². The van der Waals surface area contributed by atoms with Crippen molar-refractivity contribution < 1.29 is 9.90 Å². The highest BCUT2D eigenvalue weighted by Gasteiger charge is 2.17. The van der Waals surface area contributed by atoms with Crippen molar-refractivity contribution in [3.8, 4) is 0 Å². The Bertz CT molecular complexity index is 211. The quantitative estimate of drug-likeness (QED) is 0.753. The minimum Gasteiger partial charge on any atom is -0.396 e. The number of carbonyl (C=O) groups excluding carboxylic acids is 1. The first-order chi connectivity index (χ1) is 8.65. The van der Waals surface area contributed by atoms with Gasteiger partial charge in [-0.15, -0.1) is 0 Å². The van der Waals surface area contributed by atoms with Gasteiger partial charge in [0.05, 0.1) is 0 Å². The molecule has 2 nitrogen and oxygen atoms in total. The highest BCUT2D eigenvalue weighted by atomic mass is 16.3. The zero-order valence-corrected chi connectivity index (χ0v) is 12.1. The Hall–Kier alpha value is -0.370. The van der Waals surface area contributed by atoms with Crippen LogP contribution in [-0.4, -0.2) is 18.0 Å². The number of aliphatic hydroxyl groups is 1. The maximum absolute atomic E-state index is 10.3. The second-order valence-electron chi connectivity index (χ2n) is 6.46. The van der Waals surface area contributed by atoms with Crippen LogP contribution in [0.1, 0.15) is 72.6 Å². The fraction of sp³-hybridized carbons (Fsp3) is 0.941. The van der Waals surface area contributed by atoms with E-state index in [4.69, 9.17) is 5.11 Å². The van der Waals surface area contributed by atoms with Gasteiger partial charge in [-0.05, 0) is 43.4 Å². The largest absolute Gasteiger partial charge is 0.396 e. The Labute approximate surface area is 120 Å². The molecule has 0 atom stereocenters. The van der Waals surface area contributed by atoms with Gasteiger partial charge in [-0.2, -0.15) is 0 Å². The molecule has 2 saturated carbocycles. The number of carbonyl (C=O) groups is 1. The Morgan fingerprint density at radius 1 is 0.895 bits per heavy atom. The third kappa shape index (κ3) is 7.71. The van der Waals surface area contributed by atoms with Crippen LogP contribution >= 0.6 is 0 Å². The van der Waals surface area contributed by atoms with Gasteiger partial charge in [-0.25, -0.2) is 0 Å². The van der Waals surface area contributed by atoms with E-state index in [1.165, 1.54) is 38.5 Å². The van der Waals surface area contributed by atoms with Gasteiger partial charge < -0.3 is 9.90 Å². The zero-order valence-electron chi connectivity index (χ0n) is 12.1. The molecule has 2 rings (SSSR count). The first-order valence-electron chi connectivity index (χ1n) is 7.71. The summed E-state index contributed by atoms with van der Waals surface area (Å²) in [6.45, 7) is 4.97. The van der Waals surface area contributed by atoms with E-state index in [2.05, 4.69) is 13.8 Å². The smallest absolute Gasteiger partial charge is 0.123 e.